The lowest BCUT2D eigenvalue weighted by Gasteiger charge is -2.15. The summed E-state index contributed by atoms with van der Waals surface area (Å²) in [5, 5.41) is 0. The van der Waals surface area contributed by atoms with Gasteiger partial charge in [-0.25, -0.2) is 0 Å². The fourth-order valence-corrected chi connectivity index (χ4v) is 2.92. The van der Waals surface area contributed by atoms with E-state index in [-0.39, 0.29) is 0 Å². The van der Waals surface area contributed by atoms with Crippen molar-refractivity contribution in [3.05, 3.63) is 69.7 Å². The molecule has 1 aliphatic heterocycles. The Hall–Kier alpha value is -1.58. The Balaban J connectivity index is 1.54. The van der Waals surface area contributed by atoms with E-state index in [1.807, 2.05) is 0 Å². The minimum Gasteiger partial charge on any atom is -0.493 e. The number of benzene rings is 2. The van der Waals surface area contributed by atoms with Gasteiger partial charge in [0.05, 0.1) is 6.61 Å². The lowest BCUT2D eigenvalue weighted by molar-refractivity contribution is 0.356. The van der Waals surface area contributed by atoms with Crippen molar-refractivity contribution in [2.24, 2.45) is 0 Å². The van der Waals surface area contributed by atoms with Crippen molar-refractivity contribution in [2.45, 2.75) is 13.0 Å². The molecule has 0 atom stereocenters. The molecule has 114 valence electrons. The Morgan fingerprint density at radius 2 is 2.00 bits per heavy atom. The molecule has 0 aromatic heterocycles. The first-order valence-corrected chi connectivity index (χ1v) is 8.35. The molecule has 2 aromatic carbocycles. The summed E-state index contributed by atoms with van der Waals surface area (Å²) in [6, 6.07) is 14.9. The Labute approximate surface area is 140 Å². The highest BCUT2D eigenvalue weighted by atomic mass is 79.9. The van der Waals surface area contributed by atoms with Crippen molar-refractivity contribution >= 4 is 22.0 Å². The van der Waals surface area contributed by atoms with Gasteiger partial charge in [0, 0.05) is 24.0 Å². The third-order valence-corrected chi connectivity index (χ3v) is 4.33. The number of fused-ring (bicyclic) bond motifs is 1. The second-order valence-electron chi connectivity index (χ2n) is 5.69. The summed E-state index contributed by atoms with van der Waals surface area (Å²) < 4.78 is 6.67. The molecule has 0 radical (unpaired) electrons. The molecule has 0 saturated heterocycles. The van der Waals surface area contributed by atoms with E-state index in [1.54, 1.807) is 0 Å². The molecule has 3 heteroatoms. The molecule has 3 rings (SSSR count). The van der Waals surface area contributed by atoms with Crippen LogP contribution < -0.4 is 4.74 Å². The van der Waals surface area contributed by atoms with Crippen LogP contribution in [0.2, 0.25) is 0 Å². The standard InChI is InChI=1S/C19H20BrNO/c1-21(11-2-3-15-4-7-18(20)8-5-15)14-16-6-9-19-17(13-16)10-12-22-19/h2-9,13H,10-12,14H2,1H3/b3-2+. The largest absolute Gasteiger partial charge is 0.493 e. The van der Waals surface area contributed by atoms with Gasteiger partial charge in [-0.3, -0.25) is 4.90 Å². The third-order valence-electron chi connectivity index (χ3n) is 3.80. The summed E-state index contributed by atoms with van der Waals surface area (Å²) >= 11 is 3.45. The van der Waals surface area contributed by atoms with Gasteiger partial charge in [0.25, 0.3) is 0 Å². The van der Waals surface area contributed by atoms with Crippen molar-refractivity contribution in [1.29, 1.82) is 0 Å². The zero-order valence-corrected chi connectivity index (χ0v) is 14.3. The highest BCUT2D eigenvalue weighted by Gasteiger charge is 2.12. The summed E-state index contributed by atoms with van der Waals surface area (Å²) in [6.07, 6.45) is 5.41. The van der Waals surface area contributed by atoms with E-state index >= 15 is 0 Å². The molecule has 0 amide bonds. The average Bonchev–Trinajstić information content (AvgIpc) is 2.97. The summed E-state index contributed by atoms with van der Waals surface area (Å²) in [7, 11) is 2.15. The fraction of sp³-hybridized carbons (Fsp3) is 0.263. The van der Waals surface area contributed by atoms with Crippen LogP contribution in [0.25, 0.3) is 6.08 Å². The smallest absolute Gasteiger partial charge is 0.122 e. The van der Waals surface area contributed by atoms with Crippen molar-refractivity contribution < 1.29 is 4.74 Å². The third kappa shape index (κ3) is 3.99. The maximum Gasteiger partial charge on any atom is 0.122 e. The van der Waals surface area contributed by atoms with Gasteiger partial charge in [-0.1, -0.05) is 52.3 Å². The van der Waals surface area contributed by atoms with Gasteiger partial charge < -0.3 is 4.74 Å². The molecule has 2 aromatic rings. The highest BCUT2D eigenvalue weighted by molar-refractivity contribution is 9.10. The minimum absolute atomic E-state index is 0.824. The van der Waals surface area contributed by atoms with E-state index in [9.17, 15) is 0 Å². The summed E-state index contributed by atoms with van der Waals surface area (Å²) in [5.41, 5.74) is 3.92. The number of ether oxygens (including phenoxy) is 1. The first-order chi connectivity index (χ1) is 10.7. The van der Waals surface area contributed by atoms with Crippen LogP contribution in [0.1, 0.15) is 16.7 Å². The molecule has 1 aliphatic rings. The van der Waals surface area contributed by atoms with E-state index in [0.29, 0.717) is 0 Å². The monoisotopic (exact) mass is 357 g/mol. The van der Waals surface area contributed by atoms with Crippen molar-refractivity contribution in [1.82, 2.24) is 4.90 Å². The highest BCUT2D eigenvalue weighted by Crippen LogP contribution is 2.26. The first kappa shape index (κ1) is 15.3. The molecular formula is C19H20BrNO. The molecular weight excluding hydrogens is 338 g/mol. The predicted molar refractivity (Wildman–Crippen MR) is 95.2 cm³/mol. The predicted octanol–water partition coefficient (Wildman–Crippen LogP) is 4.53. The number of hydrogen-bond acceptors (Lipinski definition) is 2. The van der Waals surface area contributed by atoms with Crippen LogP contribution in [0.5, 0.6) is 5.75 Å². The van der Waals surface area contributed by atoms with Crippen LogP contribution in [0, 0.1) is 0 Å². The van der Waals surface area contributed by atoms with Crippen molar-refractivity contribution in [2.75, 3.05) is 20.2 Å². The van der Waals surface area contributed by atoms with Gasteiger partial charge in [-0.05, 0) is 41.9 Å². The zero-order valence-electron chi connectivity index (χ0n) is 12.8. The minimum atomic E-state index is 0.824. The lowest BCUT2D eigenvalue weighted by atomic mass is 10.1. The molecule has 0 spiro atoms. The van der Waals surface area contributed by atoms with E-state index in [4.69, 9.17) is 4.74 Å². The molecule has 0 N–H and O–H groups in total. The van der Waals surface area contributed by atoms with Gasteiger partial charge >= 0.3 is 0 Å². The average molecular weight is 358 g/mol. The molecule has 0 saturated carbocycles. The first-order valence-electron chi connectivity index (χ1n) is 7.56. The van der Waals surface area contributed by atoms with Crippen LogP contribution in [0.15, 0.2) is 53.0 Å². The topological polar surface area (TPSA) is 12.5 Å². The van der Waals surface area contributed by atoms with Gasteiger partial charge in [0.15, 0.2) is 0 Å². The van der Waals surface area contributed by atoms with Gasteiger partial charge in [0.1, 0.15) is 5.75 Å². The maximum atomic E-state index is 5.55. The summed E-state index contributed by atoms with van der Waals surface area (Å²) in [6.45, 7) is 2.71. The summed E-state index contributed by atoms with van der Waals surface area (Å²) in [4.78, 5) is 2.31. The number of rotatable bonds is 5. The molecule has 0 unspecified atom stereocenters. The normalized spacial score (nSPS) is 13.6. The Bertz CT molecular complexity index is 664. The van der Waals surface area contributed by atoms with Crippen LogP contribution in [-0.2, 0) is 13.0 Å². The Kier molecular flexibility index (Phi) is 4.96. The molecule has 0 fully saturated rings. The van der Waals surface area contributed by atoms with Gasteiger partial charge in [-0.2, -0.15) is 0 Å². The molecule has 0 aliphatic carbocycles. The van der Waals surface area contributed by atoms with Crippen LogP contribution in [0.4, 0.5) is 0 Å². The Morgan fingerprint density at radius 3 is 2.82 bits per heavy atom. The summed E-state index contributed by atoms with van der Waals surface area (Å²) in [5.74, 6) is 1.06. The van der Waals surface area contributed by atoms with Crippen LogP contribution in [-0.4, -0.2) is 25.1 Å². The van der Waals surface area contributed by atoms with Crippen LogP contribution in [0.3, 0.4) is 0 Å². The van der Waals surface area contributed by atoms with Gasteiger partial charge in [-0.15, -0.1) is 0 Å². The van der Waals surface area contributed by atoms with Gasteiger partial charge in [0.2, 0.25) is 0 Å². The second-order valence-corrected chi connectivity index (χ2v) is 6.61. The lowest BCUT2D eigenvalue weighted by Crippen LogP contribution is -2.17. The number of halogens is 1. The second kappa shape index (κ2) is 7.12. The number of nitrogens with zero attached hydrogens (tertiary/aromatic N) is 1. The number of likely N-dealkylation sites (N-methyl/N-ethyl adjacent to an activating group) is 1. The van der Waals surface area contributed by atoms with Crippen molar-refractivity contribution in [3.63, 3.8) is 0 Å². The van der Waals surface area contributed by atoms with Crippen molar-refractivity contribution in [3.8, 4) is 5.75 Å². The van der Waals surface area contributed by atoms with E-state index in [1.165, 1.54) is 16.7 Å². The number of hydrogen-bond donors (Lipinski definition) is 0. The van der Waals surface area contributed by atoms with Crippen LogP contribution >= 0.6 is 15.9 Å². The molecule has 22 heavy (non-hydrogen) atoms. The van der Waals surface area contributed by atoms with E-state index in [2.05, 4.69) is 82.5 Å². The Morgan fingerprint density at radius 1 is 1.18 bits per heavy atom. The van der Waals surface area contributed by atoms with E-state index in [0.717, 1.165) is 36.3 Å². The maximum absolute atomic E-state index is 5.55. The van der Waals surface area contributed by atoms with E-state index < -0.39 is 0 Å². The molecule has 0 bridgehead atoms. The molecule has 2 nitrogen and oxygen atoms in total. The fourth-order valence-electron chi connectivity index (χ4n) is 2.66. The molecule has 1 heterocycles. The quantitative estimate of drug-likeness (QED) is 0.779. The SMILES string of the molecule is CN(C/C=C/c1ccc(Br)cc1)Cc1ccc2c(c1)CCO2. The zero-order chi connectivity index (χ0) is 15.4.